The number of hydrogen-bond acceptors (Lipinski definition) is 3. The molecular formula is C16H15NO2. The molecule has 0 saturated heterocycles. The summed E-state index contributed by atoms with van der Waals surface area (Å²) < 4.78 is 0. The van der Waals surface area contributed by atoms with Crippen LogP contribution < -0.4 is 5.73 Å². The molecule has 0 saturated carbocycles. The van der Waals surface area contributed by atoms with Crippen LogP contribution in [0.1, 0.15) is 0 Å². The van der Waals surface area contributed by atoms with Gasteiger partial charge in [0.1, 0.15) is 11.5 Å². The number of hydrogen-bond donors (Lipinski definition) is 3. The minimum absolute atomic E-state index is 0.146. The largest absolute Gasteiger partial charge is 0.508 e. The fraction of sp³-hybridized carbons (Fsp3) is 0. The number of nitrogen functional groups attached to an aromatic ring is 1. The third-order valence-corrected chi connectivity index (χ3v) is 2.67. The van der Waals surface area contributed by atoms with Gasteiger partial charge in [0.15, 0.2) is 0 Å². The van der Waals surface area contributed by atoms with Gasteiger partial charge in [0.2, 0.25) is 0 Å². The van der Waals surface area contributed by atoms with Crippen LogP contribution in [-0.4, -0.2) is 10.2 Å². The molecule has 4 N–H and O–H groups in total. The van der Waals surface area contributed by atoms with Crippen molar-refractivity contribution in [3.63, 3.8) is 0 Å². The lowest BCUT2D eigenvalue weighted by Crippen LogP contribution is -1.82. The molecule has 0 heterocycles. The van der Waals surface area contributed by atoms with Gasteiger partial charge in [-0.05, 0) is 35.0 Å². The second-order valence-electron chi connectivity index (χ2n) is 4.09. The predicted octanol–water partition coefficient (Wildman–Crippen LogP) is 3.52. The zero-order chi connectivity index (χ0) is 13.7. The monoisotopic (exact) mass is 253 g/mol. The molecule has 3 aromatic rings. The zero-order valence-corrected chi connectivity index (χ0v) is 10.3. The summed E-state index contributed by atoms with van der Waals surface area (Å²) in [4.78, 5) is 0. The Bertz CT molecular complexity index is 659. The first-order valence-electron chi connectivity index (χ1n) is 5.88. The van der Waals surface area contributed by atoms with E-state index in [0.29, 0.717) is 11.4 Å². The molecule has 0 aromatic heterocycles. The Balaban J connectivity index is 0.000000148. The van der Waals surface area contributed by atoms with Gasteiger partial charge in [-0.25, -0.2) is 0 Å². The highest BCUT2D eigenvalue weighted by atomic mass is 16.3. The summed E-state index contributed by atoms with van der Waals surface area (Å²) >= 11 is 0. The van der Waals surface area contributed by atoms with Crippen molar-refractivity contribution in [1.29, 1.82) is 0 Å². The van der Waals surface area contributed by atoms with E-state index < -0.39 is 0 Å². The van der Waals surface area contributed by atoms with Gasteiger partial charge in [0, 0.05) is 0 Å². The highest BCUT2D eigenvalue weighted by molar-refractivity contribution is 5.83. The first kappa shape index (κ1) is 12.8. The molecule has 3 aromatic carbocycles. The van der Waals surface area contributed by atoms with Gasteiger partial charge in [-0.15, -0.1) is 0 Å². The van der Waals surface area contributed by atoms with E-state index in [2.05, 4.69) is 0 Å². The van der Waals surface area contributed by atoms with E-state index in [4.69, 9.17) is 15.9 Å². The molecular weight excluding hydrogens is 238 g/mol. The lowest BCUT2D eigenvalue weighted by atomic mass is 10.1. The standard InChI is InChI=1S/C10H8O.C6H7NO/c11-10-6-5-8-3-1-2-4-9(8)7-10;7-5-3-1-2-4-6(5)8/h1-7,11H;1-4,8H,7H2. The van der Waals surface area contributed by atoms with Crippen LogP contribution in [0, 0.1) is 0 Å². The van der Waals surface area contributed by atoms with Crippen molar-refractivity contribution in [3.05, 3.63) is 66.7 Å². The summed E-state index contributed by atoms with van der Waals surface area (Å²) in [7, 11) is 0. The number of phenolic OH excluding ortho intramolecular Hbond substituents is 2. The lowest BCUT2D eigenvalue weighted by Gasteiger charge is -1.96. The molecule has 96 valence electrons. The third kappa shape index (κ3) is 3.39. The van der Waals surface area contributed by atoms with E-state index in [1.165, 1.54) is 0 Å². The highest BCUT2D eigenvalue weighted by Crippen LogP contribution is 2.18. The molecule has 0 radical (unpaired) electrons. The number of phenols is 2. The molecule has 19 heavy (non-hydrogen) atoms. The van der Waals surface area contributed by atoms with Gasteiger partial charge >= 0.3 is 0 Å². The van der Waals surface area contributed by atoms with E-state index in [1.807, 2.05) is 30.3 Å². The number of rotatable bonds is 0. The molecule has 0 fully saturated rings. The number of benzene rings is 3. The molecule has 0 aliphatic rings. The van der Waals surface area contributed by atoms with Crippen LogP contribution in [0.15, 0.2) is 66.7 Å². The van der Waals surface area contributed by atoms with Gasteiger partial charge in [0.25, 0.3) is 0 Å². The molecule has 0 bridgehead atoms. The minimum Gasteiger partial charge on any atom is -0.508 e. The van der Waals surface area contributed by atoms with Crippen molar-refractivity contribution in [3.8, 4) is 11.5 Å². The average molecular weight is 253 g/mol. The lowest BCUT2D eigenvalue weighted by molar-refractivity contribution is 0.476. The van der Waals surface area contributed by atoms with Crippen LogP contribution in [0.5, 0.6) is 11.5 Å². The average Bonchev–Trinajstić information content (AvgIpc) is 2.43. The number of fused-ring (bicyclic) bond motifs is 1. The van der Waals surface area contributed by atoms with E-state index in [9.17, 15) is 0 Å². The van der Waals surface area contributed by atoms with Crippen molar-refractivity contribution in [2.24, 2.45) is 0 Å². The summed E-state index contributed by atoms with van der Waals surface area (Å²) in [5.74, 6) is 0.469. The van der Waals surface area contributed by atoms with Crippen molar-refractivity contribution >= 4 is 16.5 Å². The number of para-hydroxylation sites is 2. The number of anilines is 1. The topological polar surface area (TPSA) is 66.5 Å². The van der Waals surface area contributed by atoms with Crippen LogP contribution in [0.2, 0.25) is 0 Å². The first-order chi connectivity index (χ1) is 9.16. The minimum atomic E-state index is 0.146. The number of nitrogens with two attached hydrogens (primary N) is 1. The zero-order valence-electron chi connectivity index (χ0n) is 10.3. The summed E-state index contributed by atoms with van der Waals surface area (Å²) in [6, 6.07) is 20.0. The van der Waals surface area contributed by atoms with E-state index in [1.54, 1.807) is 36.4 Å². The SMILES string of the molecule is Nc1ccccc1O.Oc1ccc2ccccc2c1. The quantitative estimate of drug-likeness (QED) is 0.424. The van der Waals surface area contributed by atoms with Gasteiger partial charge in [-0.3, -0.25) is 0 Å². The smallest absolute Gasteiger partial charge is 0.138 e. The molecule has 3 heteroatoms. The molecule has 0 atom stereocenters. The molecule has 0 spiro atoms. The van der Waals surface area contributed by atoms with Crippen molar-refractivity contribution < 1.29 is 10.2 Å². The fourth-order valence-corrected chi connectivity index (χ4v) is 1.66. The van der Waals surface area contributed by atoms with Crippen molar-refractivity contribution in [2.75, 3.05) is 5.73 Å². The second-order valence-corrected chi connectivity index (χ2v) is 4.09. The summed E-state index contributed by atoms with van der Waals surface area (Å²) in [5, 5.41) is 20.2. The second kappa shape index (κ2) is 5.78. The fourth-order valence-electron chi connectivity index (χ4n) is 1.66. The van der Waals surface area contributed by atoms with Crippen LogP contribution in [0.3, 0.4) is 0 Å². The molecule has 3 nitrogen and oxygen atoms in total. The maximum absolute atomic E-state index is 9.13. The Kier molecular flexibility index (Phi) is 3.88. The van der Waals surface area contributed by atoms with E-state index >= 15 is 0 Å². The van der Waals surface area contributed by atoms with Crippen LogP contribution in [0.25, 0.3) is 10.8 Å². The molecule has 0 amide bonds. The third-order valence-electron chi connectivity index (χ3n) is 2.67. The van der Waals surface area contributed by atoms with E-state index in [-0.39, 0.29) is 5.75 Å². The highest BCUT2D eigenvalue weighted by Gasteiger charge is 1.91. The summed E-state index contributed by atoms with van der Waals surface area (Å²) in [6.07, 6.45) is 0. The van der Waals surface area contributed by atoms with Crippen LogP contribution >= 0.6 is 0 Å². The molecule has 0 unspecified atom stereocenters. The number of aromatic hydroxyl groups is 2. The Labute approximate surface area is 111 Å². The van der Waals surface area contributed by atoms with Gasteiger partial charge < -0.3 is 15.9 Å². The Hall–Kier alpha value is -2.68. The first-order valence-corrected chi connectivity index (χ1v) is 5.88. The maximum Gasteiger partial charge on any atom is 0.138 e. The normalized spacial score (nSPS) is 9.68. The molecule has 3 rings (SSSR count). The maximum atomic E-state index is 9.13. The van der Waals surface area contributed by atoms with Crippen molar-refractivity contribution in [2.45, 2.75) is 0 Å². The van der Waals surface area contributed by atoms with Crippen LogP contribution in [0.4, 0.5) is 5.69 Å². The van der Waals surface area contributed by atoms with Crippen LogP contribution in [-0.2, 0) is 0 Å². The Morgan fingerprint density at radius 1 is 0.684 bits per heavy atom. The summed E-state index contributed by atoms with van der Waals surface area (Å²) in [5.41, 5.74) is 5.69. The molecule has 0 aliphatic heterocycles. The molecule has 0 aliphatic carbocycles. The Morgan fingerprint density at radius 2 is 1.32 bits per heavy atom. The van der Waals surface area contributed by atoms with Crippen molar-refractivity contribution in [1.82, 2.24) is 0 Å². The van der Waals surface area contributed by atoms with Gasteiger partial charge in [-0.1, -0.05) is 42.5 Å². The predicted molar refractivity (Wildman–Crippen MR) is 78.1 cm³/mol. The van der Waals surface area contributed by atoms with Gasteiger partial charge in [0.05, 0.1) is 5.69 Å². The summed E-state index contributed by atoms with van der Waals surface area (Å²) in [6.45, 7) is 0. The van der Waals surface area contributed by atoms with E-state index in [0.717, 1.165) is 10.8 Å². The Morgan fingerprint density at radius 3 is 1.95 bits per heavy atom. The van der Waals surface area contributed by atoms with Gasteiger partial charge in [-0.2, -0.15) is 0 Å².